The van der Waals surface area contributed by atoms with Crippen LogP contribution in [0.2, 0.25) is 5.02 Å². The lowest BCUT2D eigenvalue weighted by Crippen LogP contribution is -2.45. The molecule has 3 heterocycles. The molecule has 1 atom stereocenters. The fraction of sp³-hybridized carbons (Fsp3) is 0.0968. The monoisotopic (exact) mass is 611 g/mol. The van der Waals surface area contributed by atoms with Gasteiger partial charge in [0, 0.05) is 27.4 Å². The molecule has 3 aromatic heterocycles. The molecule has 0 saturated carbocycles. The highest BCUT2D eigenvalue weighted by atomic mass is 35.5. The molecule has 0 saturated heterocycles. The first kappa shape index (κ1) is 28.1. The predicted octanol–water partition coefficient (Wildman–Crippen LogP) is 5.83. The van der Waals surface area contributed by atoms with Gasteiger partial charge in [0.2, 0.25) is 11.7 Å². The van der Waals surface area contributed by atoms with Crippen LogP contribution in [-0.4, -0.2) is 37.0 Å². The van der Waals surface area contributed by atoms with Crippen molar-refractivity contribution in [1.29, 1.82) is 0 Å². The first-order valence-electron chi connectivity index (χ1n) is 13.2. The largest absolute Gasteiger partial charge is 0.350 e. The van der Waals surface area contributed by atoms with E-state index in [1.165, 1.54) is 33.2 Å². The van der Waals surface area contributed by atoms with Gasteiger partial charge >= 0.3 is 0 Å². The molecule has 1 unspecified atom stereocenters. The normalized spacial score (nSPS) is 11.8. The summed E-state index contributed by atoms with van der Waals surface area (Å²) in [5.41, 5.74) is 2.58. The fourth-order valence-electron chi connectivity index (χ4n) is 4.56. The molecule has 0 spiro atoms. The minimum Gasteiger partial charge on any atom is -0.350 e. The van der Waals surface area contributed by atoms with Crippen LogP contribution in [0.25, 0.3) is 22.3 Å². The molecule has 0 radical (unpaired) electrons. The van der Waals surface area contributed by atoms with E-state index < -0.39 is 17.9 Å². The van der Waals surface area contributed by atoms with E-state index in [9.17, 15) is 14.0 Å². The lowest BCUT2D eigenvalue weighted by molar-refractivity contribution is -0.127. The second-order valence-electron chi connectivity index (χ2n) is 9.56. The molecule has 2 amide bonds. The number of hydrogen-bond donors (Lipinski definition) is 1. The molecule has 6 rings (SSSR count). The van der Waals surface area contributed by atoms with Crippen molar-refractivity contribution >= 4 is 51.3 Å². The van der Waals surface area contributed by atoms with Crippen molar-refractivity contribution in [1.82, 2.24) is 30.5 Å². The molecule has 0 aliphatic carbocycles. The Balaban J connectivity index is 1.35. The summed E-state index contributed by atoms with van der Waals surface area (Å²) in [6.07, 6.45) is 1.57. The standard InChI is InChI=1S/C31H23ClFN7O2S/c32-23-11-9-21(10-12-23)30-36-38-39(37-30)19-28(41)40(25-16-22-4-1-2-5-26(22)34-18-25)29(27-6-3-15-43-27)31(42)35-17-20-7-13-24(33)14-8-20/h1-16,18,29H,17,19H2,(H,35,42). The van der Waals surface area contributed by atoms with E-state index >= 15 is 0 Å². The highest BCUT2D eigenvalue weighted by Gasteiger charge is 2.34. The number of aromatic nitrogens is 5. The molecule has 0 bridgehead atoms. The van der Waals surface area contributed by atoms with Crippen molar-refractivity contribution in [2.24, 2.45) is 0 Å². The van der Waals surface area contributed by atoms with Crippen LogP contribution in [0.15, 0.2) is 103 Å². The molecule has 43 heavy (non-hydrogen) atoms. The molecule has 0 aliphatic rings. The van der Waals surface area contributed by atoms with Gasteiger partial charge < -0.3 is 5.32 Å². The predicted molar refractivity (Wildman–Crippen MR) is 163 cm³/mol. The number of hydrogen-bond acceptors (Lipinski definition) is 7. The smallest absolute Gasteiger partial charge is 0.251 e. The lowest BCUT2D eigenvalue weighted by atomic mass is 10.1. The third-order valence-electron chi connectivity index (χ3n) is 6.65. The quantitative estimate of drug-likeness (QED) is 0.220. The van der Waals surface area contributed by atoms with Gasteiger partial charge in [-0.15, -0.1) is 21.5 Å². The van der Waals surface area contributed by atoms with Crippen molar-refractivity contribution in [2.45, 2.75) is 19.1 Å². The summed E-state index contributed by atoms with van der Waals surface area (Å²) >= 11 is 7.35. The first-order chi connectivity index (χ1) is 20.9. The minimum atomic E-state index is -1.03. The summed E-state index contributed by atoms with van der Waals surface area (Å²) in [5.74, 6) is -0.905. The maximum absolute atomic E-state index is 14.1. The van der Waals surface area contributed by atoms with Gasteiger partial charge in [-0.05, 0) is 70.8 Å². The second kappa shape index (κ2) is 12.5. The van der Waals surface area contributed by atoms with Crippen LogP contribution < -0.4 is 10.2 Å². The Morgan fingerprint density at radius 2 is 1.79 bits per heavy atom. The van der Waals surface area contributed by atoms with E-state index in [-0.39, 0.29) is 18.9 Å². The summed E-state index contributed by atoms with van der Waals surface area (Å²) in [6, 6.07) is 24.7. The molecule has 0 fully saturated rings. The Labute approximate surface area is 254 Å². The molecule has 12 heteroatoms. The number of para-hydroxylation sites is 1. The molecule has 3 aromatic carbocycles. The number of tetrazole rings is 1. The number of thiophene rings is 1. The number of nitrogens with one attached hydrogen (secondary N) is 1. The van der Waals surface area contributed by atoms with Gasteiger partial charge in [0.15, 0.2) is 0 Å². The van der Waals surface area contributed by atoms with Crippen molar-refractivity contribution in [3.8, 4) is 11.4 Å². The molecule has 6 aromatic rings. The van der Waals surface area contributed by atoms with E-state index in [2.05, 4.69) is 25.7 Å². The molecule has 0 aliphatic heterocycles. The van der Waals surface area contributed by atoms with Crippen LogP contribution in [0.3, 0.4) is 0 Å². The van der Waals surface area contributed by atoms with Crippen LogP contribution >= 0.6 is 22.9 Å². The van der Waals surface area contributed by atoms with Crippen molar-refractivity contribution < 1.29 is 14.0 Å². The summed E-state index contributed by atoms with van der Waals surface area (Å²) in [4.78, 5) is 35.8. The Morgan fingerprint density at radius 3 is 2.56 bits per heavy atom. The van der Waals surface area contributed by atoms with Gasteiger partial charge in [0.05, 0.1) is 17.4 Å². The minimum absolute atomic E-state index is 0.147. The van der Waals surface area contributed by atoms with E-state index in [1.54, 1.807) is 48.7 Å². The highest BCUT2D eigenvalue weighted by molar-refractivity contribution is 7.10. The molecule has 9 nitrogen and oxygen atoms in total. The number of nitrogens with zero attached hydrogens (tertiary/aromatic N) is 6. The van der Waals surface area contributed by atoms with E-state index in [0.29, 0.717) is 32.5 Å². The zero-order valence-corrected chi connectivity index (χ0v) is 24.0. The lowest BCUT2D eigenvalue weighted by Gasteiger charge is -2.30. The summed E-state index contributed by atoms with van der Waals surface area (Å²) in [7, 11) is 0. The molecule has 214 valence electrons. The zero-order chi connectivity index (χ0) is 29.8. The van der Waals surface area contributed by atoms with Gasteiger partial charge in [-0.25, -0.2) is 4.39 Å². The number of amides is 2. The van der Waals surface area contributed by atoms with Gasteiger partial charge in [-0.2, -0.15) is 4.80 Å². The maximum Gasteiger partial charge on any atom is 0.251 e. The van der Waals surface area contributed by atoms with E-state index in [4.69, 9.17) is 11.6 Å². The molecular formula is C31H23ClFN7O2S. The average Bonchev–Trinajstić information content (AvgIpc) is 3.72. The van der Waals surface area contributed by atoms with E-state index in [0.717, 1.165) is 10.9 Å². The van der Waals surface area contributed by atoms with Crippen molar-refractivity contribution in [3.05, 3.63) is 124 Å². The highest BCUT2D eigenvalue weighted by Crippen LogP contribution is 2.32. The number of halogens is 2. The topological polar surface area (TPSA) is 106 Å². The third kappa shape index (κ3) is 6.42. The van der Waals surface area contributed by atoms with Gasteiger partial charge in [0.25, 0.3) is 5.91 Å². The third-order valence-corrected chi connectivity index (χ3v) is 7.83. The Hall–Kier alpha value is -5.00. The van der Waals surface area contributed by atoms with Crippen molar-refractivity contribution in [2.75, 3.05) is 4.90 Å². The van der Waals surface area contributed by atoms with Gasteiger partial charge in [0.1, 0.15) is 18.4 Å². The summed E-state index contributed by atoms with van der Waals surface area (Å²) in [6.45, 7) is -0.144. The zero-order valence-electron chi connectivity index (χ0n) is 22.5. The average molecular weight is 612 g/mol. The Morgan fingerprint density at radius 1 is 1.00 bits per heavy atom. The Bertz CT molecular complexity index is 1880. The number of anilines is 1. The fourth-order valence-corrected chi connectivity index (χ4v) is 5.50. The van der Waals surface area contributed by atoms with E-state index in [1.807, 2.05) is 41.8 Å². The summed E-state index contributed by atoms with van der Waals surface area (Å²) in [5, 5.41) is 18.7. The van der Waals surface area contributed by atoms with Gasteiger partial charge in [-0.3, -0.25) is 19.5 Å². The number of carbonyl (C=O) groups excluding carboxylic acids is 2. The summed E-state index contributed by atoms with van der Waals surface area (Å²) < 4.78 is 13.4. The second-order valence-corrected chi connectivity index (χ2v) is 11.0. The number of benzene rings is 3. The number of pyridine rings is 1. The first-order valence-corrected chi connectivity index (χ1v) is 14.5. The number of rotatable bonds is 9. The Kier molecular flexibility index (Phi) is 8.16. The SMILES string of the molecule is O=C(NCc1ccc(F)cc1)C(c1cccs1)N(C(=O)Cn1nnc(-c2ccc(Cl)cc2)n1)c1cnc2ccccc2c1. The van der Waals surface area contributed by atoms with Crippen LogP contribution in [-0.2, 0) is 22.7 Å². The van der Waals surface area contributed by atoms with Crippen molar-refractivity contribution in [3.63, 3.8) is 0 Å². The van der Waals surface area contributed by atoms with Crippen LogP contribution in [0.1, 0.15) is 16.5 Å². The van der Waals surface area contributed by atoms with Crippen LogP contribution in [0.5, 0.6) is 0 Å². The number of fused-ring (bicyclic) bond motifs is 1. The molecular weight excluding hydrogens is 589 g/mol. The van der Waals surface area contributed by atoms with Crippen LogP contribution in [0.4, 0.5) is 10.1 Å². The van der Waals surface area contributed by atoms with Crippen LogP contribution in [0, 0.1) is 5.82 Å². The molecule has 1 N–H and O–H groups in total. The maximum atomic E-state index is 14.1. The van der Waals surface area contributed by atoms with Gasteiger partial charge in [-0.1, -0.05) is 48.0 Å². The number of carbonyl (C=O) groups is 2.